The molecule has 0 spiro atoms. The lowest BCUT2D eigenvalue weighted by atomic mass is 9.33. The predicted molar refractivity (Wildman–Crippen MR) is 134 cm³/mol. The Kier molecular flexibility index (Phi) is 5.23. The van der Waals surface area contributed by atoms with Gasteiger partial charge in [0, 0.05) is 10.8 Å². The SMILES string of the molecule is CC1(C)CC[C@]2(C)C[C@H](O)[C@]3(C)C(=CC[C@@H]4[C@@]5(C)CC[C@H](O)C(C)(CO)[C@@H]5CC[C@]43C)[C@H]2C1. The van der Waals surface area contributed by atoms with Gasteiger partial charge in [-0.2, -0.15) is 0 Å². The van der Waals surface area contributed by atoms with Crippen LogP contribution in [-0.4, -0.2) is 34.1 Å². The first-order valence-electron chi connectivity index (χ1n) is 13.9. The topological polar surface area (TPSA) is 60.7 Å². The number of fused-ring (bicyclic) bond motifs is 7. The normalized spacial score (nSPS) is 57.8. The third-order valence-electron chi connectivity index (χ3n) is 13.2. The van der Waals surface area contributed by atoms with E-state index in [2.05, 4.69) is 54.5 Å². The molecule has 4 saturated carbocycles. The highest BCUT2D eigenvalue weighted by molar-refractivity contribution is 5.35. The summed E-state index contributed by atoms with van der Waals surface area (Å²) < 4.78 is 0. The summed E-state index contributed by atoms with van der Waals surface area (Å²) in [6.07, 6.45) is 11.6. The molecule has 3 heteroatoms. The maximum absolute atomic E-state index is 12.0. The van der Waals surface area contributed by atoms with Gasteiger partial charge in [-0.3, -0.25) is 0 Å². The molecule has 0 radical (unpaired) electrons. The lowest BCUT2D eigenvalue weighted by Crippen LogP contribution is -2.68. The molecule has 10 atom stereocenters. The lowest BCUT2D eigenvalue weighted by Gasteiger charge is -2.72. The van der Waals surface area contributed by atoms with Crippen LogP contribution in [0.25, 0.3) is 0 Å². The summed E-state index contributed by atoms with van der Waals surface area (Å²) in [4.78, 5) is 0. The van der Waals surface area contributed by atoms with Crippen molar-refractivity contribution in [2.24, 2.45) is 50.2 Å². The predicted octanol–water partition coefficient (Wildman–Crippen LogP) is 6.11. The Labute approximate surface area is 202 Å². The molecule has 0 heterocycles. The minimum atomic E-state index is -0.420. The minimum Gasteiger partial charge on any atom is -0.396 e. The maximum atomic E-state index is 12.0. The molecule has 3 N–H and O–H groups in total. The van der Waals surface area contributed by atoms with Gasteiger partial charge < -0.3 is 15.3 Å². The summed E-state index contributed by atoms with van der Waals surface area (Å²) >= 11 is 0. The van der Waals surface area contributed by atoms with Gasteiger partial charge in [-0.1, -0.05) is 60.1 Å². The zero-order valence-electron chi connectivity index (χ0n) is 22.4. The van der Waals surface area contributed by atoms with E-state index in [1.807, 2.05) is 0 Å². The van der Waals surface area contributed by atoms with E-state index in [0.717, 1.165) is 38.5 Å². The molecule has 0 saturated heterocycles. The number of rotatable bonds is 1. The minimum absolute atomic E-state index is 0.0450. The first-order chi connectivity index (χ1) is 15.2. The molecule has 1 unspecified atom stereocenters. The second-order valence-electron chi connectivity index (χ2n) is 15.2. The molecular formula is C30H50O3. The molecular weight excluding hydrogens is 408 g/mol. The van der Waals surface area contributed by atoms with Crippen LogP contribution in [0.15, 0.2) is 11.6 Å². The van der Waals surface area contributed by atoms with Gasteiger partial charge in [0.25, 0.3) is 0 Å². The van der Waals surface area contributed by atoms with Gasteiger partial charge in [0.1, 0.15) is 0 Å². The first-order valence-corrected chi connectivity index (χ1v) is 13.9. The lowest BCUT2D eigenvalue weighted by molar-refractivity contribution is -0.231. The third-order valence-corrected chi connectivity index (χ3v) is 13.2. The van der Waals surface area contributed by atoms with Crippen molar-refractivity contribution < 1.29 is 15.3 Å². The van der Waals surface area contributed by atoms with Crippen LogP contribution in [0.5, 0.6) is 0 Å². The number of aliphatic hydroxyl groups excluding tert-OH is 3. The molecule has 3 nitrogen and oxygen atoms in total. The Balaban J connectivity index is 1.61. The van der Waals surface area contributed by atoms with Gasteiger partial charge in [0.05, 0.1) is 18.8 Å². The van der Waals surface area contributed by atoms with Crippen molar-refractivity contribution >= 4 is 0 Å². The monoisotopic (exact) mass is 458 g/mol. The van der Waals surface area contributed by atoms with Gasteiger partial charge >= 0.3 is 0 Å². The Hall–Kier alpha value is -0.380. The fourth-order valence-electron chi connectivity index (χ4n) is 10.7. The smallest absolute Gasteiger partial charge is 0.0641 e. The molecule has 0 aromatic heterocycles. The van der Waals surface area contributed by atoms with E-state index in [4.69, 9.17) is 0 Å². The Morgan fingerprint density at radius 2 is 1.52 bits per heavy atom. The van der Waals surface area contributed by atoms with Crippen molar-refractivity contribution in [2.75, 3.05) is 6.61 Å². The summed E-state index contributed by atoms with van der Waals surface area (Å²) in [6.45, 7) is 16.9. The second-order valence-corrected chi connectivity index (χ2v) is 15.2. The van der Waals surface area contributed by atoms with Crippen LogP contribution in [0.4, 0.5) is 0 Å². The average Bonchev–Trinajstić information content (AvgIpc) is 2.73. The second kappa shape index (κ2) is 7.10. The molecule has 5 rings (SSSR count). The van der Waals surface area contributed by atoms with E-state index in [0.29, 0.717) is 23.2 Å². The third kappa shape index (κ3) is 2.91. The van der Waals surface area contributed by atoms with E-state index >= 15 is 0 Å². The standard InChI is InChI=1S/C30H50O3/c1-25(2)14-15-26(3)17-24(33)30(7)19(20(26)16-25)8-9-22-27(4)12-11-23(32)28(5,18-31)21(27)10-13-29(22,30)6/h8,20-24,31-33H,9-18H2,1-7H3/t20-,21-,22-,23+,24+,26-,27+,28?,29-,30+/m1/s1. The molecule has 0 aliphatic heterocycles. The number of allylic oxidation sites excluding steroid dienone is 1. The zero-order chi connectivity index (χ0) is 24.2. The van der Waals surface area contributed by atoms with E-state index in [1.54, 1.807) is 5.57 Å². The number of aliphatic hydroxyl groups is 3. The molecule has 0 aromatic rings. The molecule has 0 bridgehead atoms. The fraction of sp³-hybridized carbons (Fsp3) is 0.933. The van der Waals surface area contributed by atoms with Crippen LogP contribution in [0.2, 0.25) is 0 Å². The molecule has 5 aliphatic rings. The van der Waals surface area contributed by atoms with Gasteiger partial charge in [0.2, 0.25) is 0 Å². The van der Waals surface area contributed by atoms with Crippen LogP contribution in [-0.2, 0) is 0 Å². The highest BCUT2D eigenvalue weighted by Gasteiger charge is 2.70. The molecule has 188 valence electrons. The van der Waals surface area contributed by atoms with Crippen LogP contribution < -0.4 is 0 Å². The van der Waals surface area contributed by atoms with E-state index < -0.39 is 11.5 Å². The average molecular weight is 459 g/mol. The van der Waals surface area contributed by atoms with E-state index in [-0.39, 0.29) is 34.4 Å². The Morgan fingerprint density at radius 3 is 2.18 bits per heavy atom. The van der Waals surface area contributed by atoms with Gasteiger partial charge in [0.15, 0.2) is 0 Å². The highest BCUT2D eigenvalue weighted by atomic mass is 16.3. The van der Waals surface area contributed by atoms with Crippen molar-refractivity contribution in [3.8, 4) is 0 Å². The van der Waals surface area contributed by atoms with Crippen molar-refractivity contribution in [3.05, 3.63) is 11.6 Å². The number of hydrogen-bond acceptors (Lipinski definition) is 3. The summed E-state index contributed by atoms with van der Waals surface area (Å²) in [5.41, 5.74) is 1.69. The summed E-state index contributed by atoms with van der Waals surface area (Å²) in [5, 5.41) is 33.3. The van der Waals surface area contributed by atoms with E-state index in [1.165, 1.54) is 19.3 Å². The largest absolute Gasteiger partial charge is 0.396 e. The van der Waals surface area contributed by atoms with Gasteiger partial charge in [-0.15, -0.1) is 0 Å². The first kappa shape index (κ1) is 24.3. The summed E-state index contributed by atoms with van der Waals surface area (Å²) in [7, 11) is 0. The number of hydrogen-bond donors (Lipinski definition) is 3. The highest BCUT2D eigenvalue weighted by Crippen LogP contribution is 2.75. The molecule has 0 aromatic carbocycles. The summed E-state index contributed by atoms with van der Waals surface area (Å²) in [6, 6.07) is 0. The van der Waals surface area contributed by atoms with Crippen LogP contribution in [0, 0.1) is 50.2 Å². The van der Waals surface area contributed by atoms with Gasteiger partial charge in [-0.05, 0) is 97.2 Å². The van der Waals surface area contributed by atoms with Crippen molar-refractivity contribution in [2.45, 2.75) is 118 Å². The van der Waals surface area contributed by atoms with Crippen LogP contribution >= 0.6 is 0 Å². The Morgan fingerprint density at radius 1 is 0.818 bits per heavy atom. The zero-order valence-corrected chi connectivity index (χ0v) is 22.4. The molecule has 33 heavy (non-hydrogen) atoms. The molecule has 5 aliphatic carbocycles. The van der Waals surface area contributed by atoms with Crippen molar-refractivity contribution in [1.29, 1.82) is 0 Å². The van der Waals surface area contributed by atoms with Crippen LogP contribution in [0.1, 0.15) is 106 Å². The van der Waals surface area contributed by atoms with Crippen molar-refractivity contribution in [3.63, 3.8) is 0 Å². The van der Waals surface area contributed by atoms with Crippen molar-refractivity contribution in [1.82, 2.24) is 0 Å². The maximum Gasteiger partial charge on any atom is 0.0641 e. The van der Waals surface area contributed by atoms with Gasteiger partial charge in [-0.25, -0.2) is 0 Å². The Bertz CT molecular complexity index is 847. The van der Waals surface area contributed by atoms with E-state index in [9.17, 15) is 15.3 Å². The molecule has 4 fully saturated rings. The summed E-state index contributed by atoms with van der Waals surface area (Å²) in [5.74, 6) is 1.38. The quantitative estimate of drug-likeness (QED) is 0.415. The fourth-order valence-corrected chi connectivity index (χ4v) is 10.7. The van der Waals surface area contributed by atoms with Crippen LogP contribution in [0.3, 0.4) is 0 Å². The molecule has 0 amide bonds.